The van der Waals surface area contributed by atoms with E-state index in [9.17, 15) is 4.39 Å². The molecule has 3 nitrogen and oxygen atoms in total. The number of fused-ring (bicyclic) bond motifs is 1. The van der Waals surface area contributed by atoms with Gasteiger partial charge in [0.1, 0.15) is 5.82 Å². The van der Waals surface area contributed by atoms with Crippen molar-refractivity contribution >= 4 is 51.3 Å². The normalized spacial score (nSPS) is 13.1. The number of anilines is 1. The summed E-state index contributed by atoms with van der Waals surface area (Å²) in [6.07, 6.45) is 3.06. The van der Waals surface area contributed by atoms with Crippen LogP contribution in [0, 0.1) is 9.39 Å². The minimum Gasteiger partial charge on any atom is -0.369 e. The van der Waals surface area contributed by atoms with Crippen LogP contribution in [0.25, 0.3) is 11.0 Å². The van der Waals surface area contributed by atoms with E-state index in [1.165, 1.54) is 6.07 Å². The molecule has 6 heteroatoms. The molecule has 0 saturated heterocycles. The molecule has 0 radical (unpaired) electrons. The van der Waals surface area contributed by atoms with Crippen molar-refractivity contribution < 1.29 is 4.39 Å². The fourth-order valence-electron chi connectivity index (χ4n) is 1.99. The zero-order chi connectivity index (χ0) is 13.3. The molecule has 0 bridgehead atoms. The quantitative estimate of drug-likeness (QED) is 0.825. The number of imidazole rings is 1. The van der Waals surface area contributed by atoms with Crippen LogP contribution in [0.3, 0.4) is 0 Å². The van der Waals surface area contributed by atoms with Crippen molar-refractivity contribution in [3.05, 3.63) is 21.5 Å². The van der Waals surface area contributed by atoms with Gasteiger partial charge < -0.3 is 10.3 Å². The standard InChI is InChI=1S/C12H15FIN3S/c1-7(3-4-18-2)17-11-5-8(13)9(14)6-10(11)16-12(17)15/h5-7H,3-4H2,1-2H3,(H2,15,16). The number of thioether (sulfide) groups is 1. The number of nitrogen functional groups attached to an aromatic ring is 1. The van der Waals surface area contributed by atoms with Crippen molar-refractivity contribution in [1.29, 1.82) is 0 Å². The number of nitrogens with zero attached hydrogens (tertiary/aromatic N) is 2. The minimum absolute atomic E-state index is 0.221. The van der Waals surface area contributed by atoms with Crippen LogP contribution in [0.1, 0.15) is 19.4 Å². The molecule has 0 aliphatic rings. The molecular weight excluding hydrogens is 364 g/mol. The highest BCUT2D eigenvalue weighted by Crippen LogP contribution is 2.27. The summed E-state index contributed by atoms with van der Waals surface area (Å²) in [5.74, 6) is 1.29. The zero-order valence-electron chi connectivity index (χ0n) is 10.3. The summed E-state index contributed by atoms with van der Waals surface area (Å²) in [6, 6.07) is 3.48. The molecule has 2 aromatic rings. The van der Waals surface area contributed by atoms with E-state index in [-0.39, 0.29) is 11.9 Å². The Labute approximate surface area is 123 Å². The lowest BCUT2D eigenvalue weighted by Gasteiger charge is -2.15. The molecule has 2 N–H and O–H groups in total. The summed E-state index contributed by atoms with van der Waals surface area (Å²) >= 11 is 3.76. The van der Waals surface area contributed by atoms with E-state index in [4.69, 9.17) is 5.73 Å². The molecule has 1 aromatic heterocycles. The average Bonchev–Trinajstić information content (AvgIpc) is 2.62. The lowest BCUT2D eigenvalue weighted by Crippen LogP contribution is -2.09. The SMILES string of the molecule is CSCCC(C)n1c(N)nc2cc(I)c(F)cc21. The van der Waals surface area contributed by atoms with Crippen molar-refractivity contribution in [3.8, 4) is 0 Å². The van der Waals surface area contributed by atoms with Gasteiger partial charge in [-0.1, -0.05) is 0 Å². The maximum absolute atomic E-state index is 13.7. The Kier molecular flexibility index (Phi) is 4.37. The van der Waals surface area contributed by atoms with Crippen molar-refractivity contribution in [1.82, 2.24) is 9.55 Å². The van der Waals surface area contributed by atoms with Gasteiger partial charge in [0, 0.05) is 12.1 Å². The second kappa shape index (κ2) is 5.64. The minimum atomic E-state index is -0.221. The molecule has 0 fully saturated rings. The van der Waals surface area contributed by atoms with Crippen LogP contribution in [0.5, 0.6) is 0 Å². The van der Waals surface area contributed by atoms with E-state index in [0.717, 1.165) is 23.2 Å². The Morgan fingerprint density at radius 1 is 1.56 bits per heavy atom. The Hall–Kier alpha value is -0.500. The van der Waals surface area contributed by atoms with Crippen LogP contribution >= 0.6 is 34.4 Å². The zero-order valence-corrected chi connectivity index (χ0v) is 13.3. The Bertz CT molecular complexity index is 570. The number of hydrogen-bond acceptors (Lipinski definition) is 3. The molecule has 18 heavy (non-hydrogen) atoms. The van der Waals surface area contributed by atoms with Gasteiger partial charge in [0.25, 0.3) is 0 Å². The number of nitrogens with two attached hydrogens (primary N) is 1. The summed E-state index contributed by atoms with van der Waals surface area (Å²) in [6.45, 7) is 2.09. The van der Waals surface area contributed by atoms with E-state index < -0.39 is 0 Å². The Balaban J connectivity index is 2.49. The van der Waals surface area contributed by atoms with Crippen LogP contribution in [0.15, 0.2) is 12.1 Å². The van der Waals surface area contributed by atoms with Gasteiger partial charge in [-0.3, -0.25) is 0 Å². The average molecular weight is 379 g/mol. The molecule has 0 amide bonds. The van der Waals surface area contributed by atoms with Crippen molar-refractivity contribution in [2.75, 3.05) is 17.7 Å². The van der Waals surface area contributed by atoms with Crippen LogP contribution < -0.4 is 5.73 Å². The number of rotatable bonds is 4. The highest BCUT2D eigenvalue weighted by Gasteiger charge is 2.15. The molecular formula is C12H15FIN3S. The van der Waals surface area contributed by atoms with E-state index in [1.54, 1.807) is 17.8 Å². The Morgan fingerprint density at radius 2 is 2.28 bits per heavy atom. The predicted octanol–water partition coefficient (Wildman–Crippen LogP) is 3.68. The lowest BCUT2D eigenvalue weighted by molar-refractivity contribution is 0.554. The first-order valence-corrected chi connectivity index (χ1v) is 8.13. The van der Waals surface area contributed by atoms with Crippen molar-refractivity contribution in [2.24, 2.45) is 0 Å². The first-order chi connectivity index (χ1) is 8.54. The monoisotopic (exact) mass is 379 g/mol. The first kappa shape index (κ1) is 13.9. The molecule has 1 heterocycles. The van der Waals surface area contributed by atoms with E-state index >= 15 is 0 Å². The molecule has 0 saturated carbocycles. The molecule has 1 atom stereocenters. The number of benzene rings is 1. The molecule has 1 unspecified atom stereocenters. The third kappa shape index (κ3) is 2.59. The van der Waals surface area contributed by atoms with Gasteiger partial charge in [-0.2, -0.15) is 11.8 Å². The molecule has 0 aliphatic heterocycles. The second-order valence-corrected chi connectivity index (χ2v) is 6.37. The maximum atomic E-state index is 13.7. The van der Waals surface area contributed by atoms with Crippen molar-refractivity contribution in [3.63, 3.8) is 0 Å². The molecule has 2 rings (SSSR count). The molecule has 1 aromatic carbocycles. The smallest absolute Gasteiger partial charge is 0.201 e. The predicted molar refractivity (Wildman–Crippen MR) is 84.5 cm³/mol. The van der Waals surface area contributed by atoms with Crippen LogP contribution in [-0.4, -0.2) is 21.6 Å². The summed E-state index contributed by atoms with van der Waals surface area (Å²) in [4.78, 5) is 4.31. The van der Waals surface area contributed by atoms with Gasteiger partial charge in [-0.15, -0.1) is 0 Å². The summed E-state index contributed by atoms with van der Waals surface area (Å²) in [5, 5.41) is 0. The first-order valence-electron chi connectivity index (χ1n) is 5.66. The van der Waals surface area contributed by atoms with Gasteiger partial charge in [0.05, 0.1) is 14.6 Å². The molecule has 0 aliphatic carbocycles. The van der Waals surface area contributed by atoms with Gasteiger partial charge in [-0.25, -0.2) is 9.37 Å². The van der Waals surface area contributed by atoms with Crippen LogP contribution in [0.2, 0.25) is 0 Å². The highest BCUT2D eigenvalue weighted by molar-refractivity contribution is 14.1. The lowest BCUT2D eigenvalue weighted by atomic mass is 10.2. The summed E-state index contributed by atoms with van der Waals surface area (Å²) in [7, 11) is 0. The van der Waals surface area contributed by atoms with Crippen LogP contribution in [-0.2, 0) is 0 Å². The largest absolute Gasteiger partial charge is 0.369 e. The van der Waals surface area contributed by atoms with Crippen molar-refractivity contribution in [2.45, 2.75) is 19.4 Å². The maximum Gasteiger partial charge on any atom is 0.201 e. The van der Waals surface area contributed by atoms with Crippen LogP contribution in [0.4, 0.5) is 10.3 Å². The van der Waals surface area contributed by atoms with Gasteiger partial charge in [-0.05, 0) is 54.0 Å². The number of aromatic nitrogens is 2. The van der Waals surface area contributed by atoms with E-state index in [1.807, 2.05) is 27.2 Å². The van der Waals surface area contributed by atoms with E-state index in [0.29, 0.717) is 9.52 Å². The highest BCUT2D eigenvalue weighted by atomic mass is 127. The third-order valence-electron chi connectivity index (χ3n) is 2.94. The number of hydrogen-bond donors (Lipinski definition) is 1. The third-order valence-corrected chi connectivity index (χ3v) is 4.41. The summed E-state index contributed by atoms with van der Waals surface area (Å²) in [5.41, 5.74) is 7.48. The van der Waals surface area contributed by atoms with Gasteiger partial charge >= 0.3 is 0 Å². The molecule has 98 valence electrons. The summed E-state index contributed by atoms with van der Waals surface area (Å²) < 4.78 is 16.2. The number of halogens is 2. The fourth-order valence-corrected chi connectivity index (χ4v) is 3.02. The van der Waals surface area contributed by atoms with Gasteiger partial charge in [0.2, 0.25) is 5.95 Å². The fraction of sp³-hybridized carbons (Fsp3) is 0.417. The topological polar surface area (TPSA) is 43.8 Å². The molecule has 0 spiro atoms. The Morgan fingerprint density at radius 3 is 2.94 bits per heavy atom. The van der Waals surface area contributed by atoms with E-state index in [2.05, 4.69) is 18.2 Å². The van der Waals surface area contributed by atoms with Gasteiger partial charge in [0.15, 0.2) is 0 Å². The second-order valence-electron chi connectivity index (χ2n) is 4.23.